The van der Waals surface area contributed by atoms with E-state index in [1.54, 1.807) is 0 Å². The van der Waals surface area contributed by atoms with Crippen molar-refractivity contribution < 1.29 is 0 Å². The topological polar surface area (TPSA) is 40.8 Å². The molecule has 0 saturated carbocycles. The molecule has 1 N–H and O–H groups in total. The van der Waals surface area contributed by atoms with E-state index in [4.69, 9.17) is 5.26 Å². The Labute approximate surface area is 121 Å². The number of nitrogens with zero attached hydrogens (tertiary/aromatic N) is 2. The number of rotatable bonds is 3. The summed E-state index contributed by atoms with van der Waals surface area (Å²) < 4.78 is 3.08. The van der Waals surface area contributed by atoms with Gasteiger partial charge in [0.25, 0.3) is 0 Å². The number of aryl methyl sites for hydroxylation is 2. The van der Waals surface area contributed by atoms with Crippen LogP contribution in [0.25, 0.3) is 0 Å². The molecule has 0 amide bonds. The highest BCUT2D eigenvalue weighted by Gasteiger charge is 2.03. The van der Waals surface area contributed by atoms with Gasteiger partial charge < -0.3 is 9.88 Å². The molecule has 4 heteroatoms. The summed E-state index contributed by atoms with van der Waals surface area (Å²) in [4.78, 5) is 0. The Hall–Kier alpha value is -1.48. The first-order valence-electron chi connectivity index (χ1n) is 5.65. The fraction of sp³-hybridized carbons (Fsp3) is 0.214. The Bertz CT molecular complexity index is 608. The molecule has 0 aliphatic carbocycles. The van der Waals surface area contributed by atoms with Gasteiger partial charge in [-0.2, -0.15) is 5.26 Å². The van der Waals surface area contributed by atoms with Crippen LogP contribution in [-0.4, -0.2) is 4.57 Å². The van der Waals surface area contributed by atoms with Crippen LogP contribution in [0.1, 0.15) is 16.8 Å². The number of nitriles is 1. The average Bonchev–Trinajstić information content (AvgIpc) is 2.69. The molecule has 1 heterocycles. The van der Waals surface area contributed by atoms with E-state index >= 15 is 0 Å². The molecule has 0 radical (unpaired) electrons. The van der Waals surface area contributed by atoms with Crippen LogP contribution in [0, 0.1) is 21.8 Å². The van der Waals surface area contributed by atoms with E-state index < -0.39 is 0 Å². The monoisotopic (exact) mass is 351 g/mol. The highest BCUT2D eigenvalue weighted by molar-refractivity contribution is 14.1. The molecular weight excluding hydrogens is 337 g/mol. The maximum atomic E-state index is 8.90. The van der Waals surface area contributed by atoms with Gasteiger partial charge in [0.1, 0.15) is 11.8 Å². The van der Waals surface area contributed by atoms with Crippen LogP contribution in [-0.2, 0) is 13.6 Å². The summed E-state index contributed by atoms with van der Waals surface area (Å²) in [5, 5.41) is 12.3. The molecule has 0 aliphatic rings. The van der Waals surface area contributed by atoms with Crippen molar-refractivity contribution in [3.8, 4) is 6.07 Å². The largest absolute Gasteiger partial charge is 0.381 e. The predicted octanol–water partition coefficient (Wildman–Crippen LogP) is 3.42. The Morgan fingerprint density at radius 3 is 2.78 bits per heavy atom. The summed E-state index contributed by atoms with van der Waals surface area (Å²) in [7, 11) is 1.89. The van der Waals surface area contributed by atoms with Crippen LogP contribution < -0.4 is 5.32 Å². The summed E-state index contributed by atoms with van der Waals surface area (Å²) in [6.07, 6.45) is 1.98. The highest BCUT2D eigenvalue weighted by atomic mass is 127. The minimum Gasteiger partial charge on any atom is -0.381 e. The number of benzene rings is 1. The first-order chi connectivity index (χ1) is 8.60. The lowest BCUT2D eigenvalue weighted by Crippen LogP contribution is -2.00. The summed E-state index contributed by atoms with van der Waals surface area (Å²) in [6, 6.07) is 10.4. The van der Waals surface area contributed by atoms with Crippen molar-refractivity contribution in [2.45, 2.75) is 13.5 Å². The van der Waals surface area contributed by atoms with Crippen molar-refractivity contribution in [3.63, 3.8) is 0 Å². The third-order valence-corrected chi connectivity index (χ3v) is 3.52. The molecule has 0 bridgehead atoms. The van der Waals surface area contributed by atoms with Crippen molar-refractivity contribution in [2.24, 2.45) is 7.05 Å². The van der Waals surface area contributed by atoms with E-state index in [0.29, 0.717) is 5.69 Å². The van der Waals surface area contributed by atoms with Gasteiger partial charge in [0.15, 0.2) is 0 Å². The van der Waals surface area contributed by atoms with Gasteiger partial charge in [-0.25, -0.2) is 0 Å². The van der Waals surface area contributed by atoms with Gasteiger partial charge in [-0.05, 0) is 64.9 Å². The first kappa shape index (κ1) is 13.0. The summed E-state index contributed by atoms with van der Waals surface area (Å²) in [5.74, 6) is 0. The Balaban J connectivity index is 2.09. The molecule has 1 aromatic carbocycles. The molecule has 92 valence electrons. The van der Waals surface area contributed by atoms with E-state index in [0.717, 1.165) is 17.8 Å². The van der Waals surface area contributed by atoms with E-state index in [1.165, 1.54) is 9.13 Å². The molecule has 0 atom stereocenters. The van der Waals surface area contributed by atoms with Gasteiger partial charge in [-0.1, -0.05) is 0 Å². The SMILES string of the molecule is Cc1cc(I)ccc1NCc1cc(C#N)n(C)c1. The fourth-order valence-corrected chi connectivity index (χ4v) is 2.51. The van der Waals surface area contributed by atoms with Crippen molar-refractivity contribution >= 4 is 28.3 Å². The lowest BCUT2D eigenvalue weighted by Gasteiger charge is -2.08. The van der Waals surface area contributed by atoms with Crippen LogP contribution in [0.3, 0.4) is 0 Å². The zero-order valence-corrected chi connectivity index (χ0v) is 12.5. The number of aromatic nitrogens is 1. The van der Waals surface area contributed by atoms with Gasteiger partial charge in [-0.15, -0.1) is 0 Å². The Morgan fingerprint density at radius 1 is 1.39 bits per heavy atom. The Morgan fingerprint density at radius 2 is 2.17 bits per heavy atom. The second-order valence-electron chi connectivity index (χ2n) is 4.27. The molecule has 0 fully saturated rings. The number of nitrogens with one attached hydrogen (secondary N) is 1. The maximum absolute atomic E-state index is 8.90. The molecule has 0 saturated heterocycles. The quantitative estimate of drug-likeness (QED) is 0.861. The number of hydrogen-bond acceptors (Lipinski definition) is 2. The lowest BCUT2D eigenvalue weighted by atomic mass is 10.2. The molecule has 0 spiro atoms. The smallest absolute Gasteiger partial charge is 0.120 e. The van der Waals surface area contributed by atoms with E-state index in [2.05, 4.69) is 59.1 Å². The first-order valence-corrected chi connectivity index (χ1v) is 6.73. The molecule has 0 aliphatic heterocycles. The molecule has 0 unspecified atom stereocenters. The minimum absolute atomic E-state index is 0.686. The Kier molecular flexibility index (Phi) is 3.92. The minimum atomic E-state index is 0.686. The van der Waals surface area contributed by atoms with Gasteiger partial charge in [-0.3, -0.25) is 0 Å². The van der Waals surface area contributed by atoms with Crippen LogP contribution in [0.5, 0.6) is 0 Å². The third kappa shape index (κ3) is 2.85. The van der Waals surface area contributed by atoms with Crippen molar-refractivity contribution in [1.82, 2.24) is 4.57 Å². The zero-order chi connectivity index (χ0) is 13.1. The summed E-state index contributed by atoms with van der Waals surface area (Å²) in [6.45, 7) is 2.83. The van der Waals surface area contributed by atoms with Gasteiger partial charge >= 0.3 is 0 Å². The van der Waals surface area contributed by atoms with Crippen molar-refractivity contribution in [3.05, 3.63) is 50.9 Å². The lowest BCUT2D eigenvalue weighted by molar-refractivity contribution is 0.902. The van der Waals surface area contributed by atoms with Crippen LogP contribution in [0.4, 0.5) is 5.69 Å². The van der Waals surface area contributed by atoms with Crippen LogP contribution >= 0.6 is 22.6 Å². The molecule has 2 rings (SSSR count). The molecule has 3 nitrogen and oxygen atoms in total. The number of hydrogen-bond donors (Lipinski definition) is 1. The van der Waals surface area contributed by atoms with Crippen molar-refractivity contribution in [2.75, 3.05) is 5.32 Å². The van der Waals surface area contributed by atoms with Gasteiger partial charge in [0, 0.05) is 29.0 Å². The normalized spacial score (nSPS) is 10.1. The highest BCUT2D eigenvalue weighted by Crippen LogP contribution is 2.18. The van der Waals surface area contributed by atoms with Gasteiger partial charge in [0.05, 0.1) is 0 Å². The van der Waals surface area contributed by atoms with Crippen molar-refractivity contribution in [1.29, 1.82) is 5.26 Å². The van der Waals surface area contributed by atoms with E-state index in [-0.39, 0.29) is 0 Å². The standard InChI is InChI=1S/C14H14IN3/c1-10-5-12(15)3-4-14(10)17-8-11-6-13(7-16)18(2)9-11/h3-6,9,17H,8H2,1-2H3. The van der Waals surface area contributed by atoms with Crippen LogP contribution in [0.15, 0.2) is 30.5 Å². The molecule has 2 aromatic rings. The fourth-order valence-electron chi connectivity index (χ4n) is 1.86. The molecule has 1 aromatic heterocycles. The average molecular weight is 351 g/mol. The van der Waals surface area contributed by atoms with E-state index in [1.807, 2.05) is 23.9 Å². The predicted molar refractivity (Wildman–Crippen MR) is 81.4 cm³/mol. The van der Waals surface area contributed by atoms with Crippen LogP contribution in [0.2, 0.25) is 0 Å². The second-order valence-corrected chi connectivity index (χ2v) is 5.51. The molecule has 18 heavy (non-hydrogen) atoms. The van der Waals surface area contributed by atoms with Gasteiger partial charge in [0.2, 0.25) is 0 Å². The zero-order valence-electron chi connectivity index (χ0n) is 10.4. The summed E-state index contributed by atoms with van der Waals surface area (Å²) in [5.41, 5.74) is 4.18. The third-order valence-electron chi connectivity index (χ3n) is 2.85. The number of anilines is 1. The van der Waals surface area contributed by atoms with E-state index in [9.17, 15) is 0 Å². The molecular formula is C14H14IN3. The number of halogens is 1. The maximum Gasteiger partial charge on any atom is 0.120 e. The second kappa shape index (κ2) is 5.44. The summed E-state index contributed by atoms with van der Waals surface area (Å²) >= 11 is 2.31.